The lowest BCUT2D eigenvalue weighted by molar-refractivity contribution is 0.461. The van der Waals surface area contributed by atoms with Crippen molar-refractivity contribution < 1.29 is 4.74 Å². The first-order chi connectivity index (χ1) is 9.01. The normalized spacial score (nSPS) is 10.6. The summed E-state index contributed by atoms with van der Waals surface area (Å²) < 4.78 is 5.71. The molecular weight excluding hydrogens is 305 g/mol. The van der Waals surface area contributed by atoms with Crippen LogP contribution in [-0.2, 0) is 5.88 Å². The van der Waals surface area contributed by atoms with E-state index >= 15 is 0 Å². The van der Waals surface area contributed by atoms with Crippen molar-refractivity contribution in [1.29, 1.82) is 0 Å². The van der Waals surface area contributed by atoms with Crippen molar-refractivity contribution in [2.75, 3.05) is 0 Å². The highest BCUT2D eigenvalue weighted by atomic mass is 35.5. The van der Waals surface area contributed by atoms with Crippen LogP contribution in [0.25, 0.3) is 0 Å². The Morgan fingerprint density at radius 3 is 2.32 bits per heavy atom. The van der Waals surface area contributed by atoms with Gasteiger partial charge in [0.25, 0.3) is 0 Å². The van der Waals surface area contributed by atoms with Gasteiger partial charge >= 0.3 is 0 Å². The first kappa shape index (κ1) is 14.4. The van der Waals surface area contributed by atoms with Crippen molar-refractivity contribution in [2.45, 2.75) is 19.7 Å². The molecule has 0 fully saturated rings. The summed E-state index contributed by atoms with van der Waals surface area (Å²) in [4.78, 5) is 4.25. The predicted molar refractivity (Wildman–Crippen MR) is 79.8 cm³/mol. The molecular formula is C14H12Cl3NO. The minimum absolute atomic E-state index is 0.245. The Balaban J connectivity index is 2.31. The number of aromatic nitrogens is 1. The minimum atomic E-state index is 0.245. The number of pyridine rings is 1. The fourth-order valence-corrected chi connectivity index (χ4v) is 2.25. The average molecular weight is 317 g/mol. The highest BCUT2D eigenvalue weighted by Gasteiger charge is 2.07. The molecule has 5 heteroatoms. The van der Waals surface area contributed by atoms with Crippen LogP contribution in [0.3, 0.4) is 0 Å². The molecule has 100 valence electrons. The molecule has 19 heavy (non-hydrogen) atoms. The number of rotatable bonds is 3. The van der Waals surface area contributed by atoms with Crippen LogP contribution in [0.15, 0.2) is 24.3 Å². The number of halogens is 3. The second-order valence-corrected chi connectivity index (χ2v) is 5.24. The van der Waals surface area contributed by atoms with E-state index in [9.17, 15) is 0 Å². The Bertz CT molecular complexity index is 591. The maximum absolute atomic E-state index is 6.11. The lowest BCUT2D eigenvalue weighted by Crippen LogP contribution is -1.94. The summed E-state index contributed by atoms with van der Waals surface area (Å²) in [5.41, 5.74) is 2.52. The second-order valence-electron chi connectivity index (χ2n) is 4.18. The lowest BCUT2D eigenvalue weighted by atomic mass is 10.1. The molecule has 0 spiro atoms. The second kappa shape index (κ2) is 6.00. The highest BCUT2D eigenvalue weighted by Crippen LogP contribution is 2.29. The molecule has 0 aliphatic rings. The average Bonchev–Trinajstić information content (AvgIpc) is 2.38. The predicted octanol–water partition coefficient (Wildman–Crippen LogP) is 5.54. The van der Waals surface area contributed by atoms with E-state index in [1.165, 1.54) is 0 Å². The minimum Gasteiger partial charge on any atom is -0.439 e. The van der Waals surface area contributed by atoms with Crippen molar-refractivity contribution in [3.63, 3.8) is 0 Å². The van der Waals surface area contributed by atoms with Gasteiger partial charge in [-0.05, 0) is 43.2 Å². The Labute approximate surface area is 127 Å². The maximum atomic E-state index is 6.11. The third-order valence-corrected chi connectivity index (χ3v) is 3.85. The van der Waals surface area contributed by atoms with Gasteiger partial charge < -0.3 is 4.74 Å². The molecule has 2 rings (SSSR count). The van der Waals surface area contributed by atoms with Crippen molar-refractivity contribution in [2.24, 2.45) is 0 Å². The molecule has 0 radical (unpaired) electrons. The number of nitrogens with zero attached hydrogens (tertiary/aromatic N) is 1. The van der Waals surface area contributed by atoms with Gasteiger partial charge in [0, 0.05) is 11.1 Å². The summed E-state index contributed by atoms with van der Waals surface area (Å²) in [6, 6.07) is 7.16. The van der Waals surface area contributed by atoms with Crippen LogP contribution in [0.4, 0.5) is 0 Å². The van der Waals surface area contributed by atoms with E-state index in [0.717, 1.165) is 16.1 Å². The van der Waals surface area contributed by atoms with Crippen molar-refractivity contribution in [1.82, 2.24) is 4.98 Å². The Kier molecular flexibility index (Phi) is 4.56. The van der Waals surface area contributed by atoms with E-state index in [2.05, 4.69) is 4.98 Å². The van der Waals surface area contributed by atoms with Gasteiger partial charge in [0.05, 0.1) is 16.6 Å². The van der Waals surface area contributed by atoms with Gasteiger partial charge in [-0.15, -0.1) is 11.6 Å². The first-order valence-corrected chi connectivity index (χ1v) is 6.96. The molecule has 0 N–H and O–H groups in total. The van der Waals surface area contributed by atoms with Crippen LogP contribution < -0.4 is 4.74 Å². The summed E-state index contributed by atoms with van der Waals surface area (Å²) in [5.74, 6) is 1.39. The van der Waals surface area contributed by atoms with Crippen molar-refractivity contribution >= 4 is 34.8 Å². The maximum Gasteiger partial charge on any atom is 0.219 e. The zero-order valence-corrected chi connectivity index (χ0v) is 12.8. The summed E-state index contributed by atoms with van der Waals surface area (Å²) in [6.07, 6.45) is 0. The van der Waals surface area contributed by atoms with E-state index in [0.29, 0.717) is 22.3 Å². The standard InChI is InChI=1S/C14H12Cl3NO/c1-8-5-10(6-9(2)14(8)17)19-13-4-3-11(16)12(7-15)18-13/h3-6H,7H2,1-2H3. The van der Waals surface area contributed by atoms with Crippen LogP contribution in [0.2, 0.25) is 10.0 Å². The monoisotopic (exact) mass is 315 g/mol. The molecule has 0 atom stereocenters. The Morgan fingerprint density at radius 1 is 1.11 bits per heavy atom. The molecule has 0 amide bonds. The number of hydrogen-bond acceptors (Lipinski definition) is 2. The zero-order valence-electron chi connectivity index (χ0n) is 10.5. The van der Waals surface area contributed by atoms with Gasteiger partial charge in [0.2, 0.25) is 5.88 Å². The molecule has 0 bridgehead atoms. The van der Waals surface area contributed by atoms with E-state index in [4.69, 9.17) is 39.5 Å². The van der Waals surface area contributed by atoms with Gasteiger partial charge in [-0.1, -0.05) is 23.2 Å². The molecule has 1 heterocycles. The molecule has 0 unspecified atom stereocenters. The van der Waals surface area contributed by atoms with Gasteiger partial charge in [-0.3, -0.25) is 0 Å². The van der Waals surface area contributed by atoms with Crippen molar-refractivity contribution in [3.05, 3.63) is 51.1 Å². The van der Waals surface area contributed by atoms with Crippen LogP contribution in [0, 0.1) is 13.8 Å². The SMILES string of the molecule is Cc1cc(Oc2ccc(Cl)c(CCl)n2)cc(C)c1Cl. The van der Waals surface area contributed by atoms with Gasteiger partial charge in [-0.2, -0.15) is 0 Å². The molecule has 1 aromatic carbocycles. The van der Waals surface area contributed by atoms with E-state index in [1.54, 1.807) is 12.1 Å². The number of ether oxygens (including phenoxy) is 1. The summed E-state index contributed by atoms with van der Waals surface area (Å²) >= 11 is 17.8. The molecule has 2 nitrogen and oxygen atoms in total. The zero-order chi connectivity index (χ0) is 14.0. The van der Waals surface area contributed by atoms with Crippen LogP contribution in [-0.4, -0.2) is 4.98 Å². The van der Waals surface area contributed by atoms with E-state index in [-0.39, 0.29) is 5.88 Å². The summed E-state index contributed by atoms with van der Waals surface area (Å²) in [6.45, 7) is 3.86. The molecule has 0 saturated carbocycles. The van der Waals surface area contributed by atoms with Crippen molar-refractivity contribution in [3.8, 4) is 11.6 Å². The third kappa shape index (κ3) is 3.33. The number of alkyl halides is 1. The largest absolute Gasteiger partial charge is 0.439 e. The quantitative estimate of drug-likeness (QED) is 0.694. The fraction of sp³-hybridized carbons (Fsp3) is 0.214. The van der Waals surface area contributed by atoms with E-state index < -0.39 is 0 Å². The van der Waals surface area contributed by atoms with Crippen LogP contribution >= 0.6 is 34.8 Å². The number of aryl methyl sites for hydroxylation is 2. The molecule has 0 saturated heterocycles. The smallest absolute Gasteiger partial charge is 0.219 e. The lowest BCUT2D eigenvalue weighted by Gasteiger charge is -2.10. The van der Waals surface area contributed by atoms with Crippen LogP contribution in [0.5, 0.6) is 11.6 Å². The van der Waals surface area contributed by atoms with Crippen LogP contribution in [0.1, 0.15) is 16.8 Å². The summed E-state index contributed by atoms with van der Waals surface area (Å²) in [7, 11) is 0. The molecule has 1 aromatic heterocycles. The Hall–Kier alpha value is -0.960. The summed E-state index contributed by atoms with van der Waals surface area (Å²) in [5, 5.41) is 1.28. The fourth-order valence-electron chi connectivity index (χ4n) is 1.70. The highest BCUT2D eigenvalue weighted by molar-refractivity contribution is 6.32. The number of hydrogen-bond donors (Lipinski definition) is 0. The van der Waals surface area contributed by atoms with Gasteiger partial charge in [0.1, 0.15) is 5.75 Å². The van der Waals surface area contributed by atoms with Gasteiger partial charge in [-0.25, -0.2) is 4.98 Å². The third-order valence-electron chi connectivity index (χ3n) is 2.65. The topological polar surface area (TPSA) is 22.1 Å². The number of benzene rings is 1. The molecule has 0 aliphatic carbocycles. The molecule has 2 aromatic rings. The first-order valence-electron chi connectivity index (χ1n) is 5.67. The Morgan fingerprint density at radius 2 is 1.74 bits per heavy atom. The molecule has 0 aliphatic heterocycles. The van der Waals surface area contributed by atoms with E-state index in [1.807, 2.05) is 26.0 Å². The van der Waals surface area contributed by atoms with Gasteiger partial charge in [0.15, 0.2) is 0 Å².